The smallest absolute Gasteiger partial charge is 0.264 e. The first-order valence-electron chi connectivity index (χ1n) is 13.0. The summed E-state index contributed by atoms with van der Waals surface area (Å²) in [4.78, 5) is 17.9. The van der Waals surface area contributed by atoms with Gasteiger partial charge in [0.1, 0.15) is 0 Å². The van der Waals surface area contributed by atoms with Crippen molar-refractivity contribution < 1.29 is 13.2 Å². The van der Waals surface area contributed by atoms with Crippen LogP contribution in [0.3, 0.4) is 0 Å². The molecule has 0 spiro atoms. The number of aryl methyl sites for hydroxylation is 2. The van der Waals surface area contributed by atoms with Crippen molar-refractivity contribution in [3.05, 3.63) is 112 Å². The maximum absolute atomic E-state index is 13.5. The number of anilines is 2. The number of rotatable bonds is 6. The van der Waals surface area contributed by atoms with Crippen molar-refractivity contribution in [3.8, 4) is 16.9 Å². The number of fused-ring (bicyclic) bond motifs is 1. The lowest BCUT2D eigenvalue weighted by atomic mass is 10.2. The van der Waals surface area contributed by atoms with Crippen molar-refractivity contribution in [1.29, 1.82) is 0 Å². The molecule has 0 radical (unpaired) electrons. The van der Waals surface area contributed by atoms with E-state index in [1.165, 1.54) is 33.3 Å². The van der Waals surface area contributed by atoms with Crippen molar-refractivity contribution in [3.63, 3.8) is 0 Å². The minimum Gasteiger partial charge on any atom is -0.318 e. The standard InChI is InChI=1S/C31H28N4O3S2/c1-20-11-13-25(14-12-20)35-21(2)17-27(22(35)3)28-19-39-31(32-28)33-30(36)24-8-6-9-26(18-24)40(37,38)34-16-15-23-7-4-5-10-29(23)34/h4-14,17-19H,15-16H2,1-3H3,(H,32,33,36). The molecule has 40 heavy (non-hydrogen) atoms. The molecule has 0 saturated heterocycles. The van der Waals surface area contributed by atoms with Gasteiger partial charge in [-0.2, -0.15) is 0 Å². The Labute approximate surface area is 237 Å². The van der Waals surface area contributed by atoms with Crippen LogP contribution in [0.5, 0.6) is 0 Å². The van der Waals surface area contributed by atoms with Crippen LogP contribution in [0.4, 0.5) is 10.8 Å². The molecule has 1 aliphatic rings. The van der Waals surface area contributed by atoms with Gasteiger partial charge in [0.05, 0.1) is 16.3 Å². The van der Waals surface area contributed by atoms with Crippen molar-refractivity contribution in [2.24, 2.45) is 0 Å². The molecule has 0 bridgehead atoms. The first-order chi connectivity index (χ1) is 19.2. The molecule has 0 saturated carbocycles. The number of carbonyl (C=O) groups is 1. The van der Waals surface area contributed by atoms with E-state index in [9.17, 15) is 13.2 Å². The van der Waals surface area contributed by atoms with Crippen molar-refractivity contribution in [2.75, 3.05) is 16.2 Å². The normalized spacial score (nSPS) is 12.9. The fourth-order valence-electron chi connectivity index (χ4n) is 5.22. The molecule has 5 aromatic rings. The number of hydrogen-bond acceptors (Lipinski definition) is 5. The van der Waals surface area contributed by atoms with E-state index in [2.05, 4.69) is 66.0 Å². The van der Waals surface area contributed by atoms with Crippen LogP contribution in [0, 0.1) is 20.8 Å². The first-order valence-corrected chi connectivity index (χ1v) is 15.3. The number of amides is 1. The molecule has 7 nitrogen and oxygen atoms in total. The molecule has 1 amide bonds. The minimum absolute atomic E-state index is 0.0835. The summed E-state index contributed by atoms with van der Waals surface area (Å²) in [7, 11) is -3.81. The second-order valence-electron chi connectivity index (χ2n) is 9.93. The average molecular weight is 569 g/mol. The van der Waals surface area contributed by atoms with Crippen LogP contribution in [-0.2, 0) is 16.4 Å². The summed E-state index contributed by atoms with van der Waals surface area (Å²) in [6.07, 6.45) is 0.662. The number of nitrogens with one attached hydrogen (secondary N) is 1. The van der Waals surface area contributed by atoms with E-state index in [1.54, 1.807) is 12.1 Å². The Morgan fingerprint density at radius 3 is 2.52 bits per heavy atom. The monoisotopic (exact) mass is 568 g/mol. The molecule has 3 heterocycles. The van der Waals surface area contributed by atoms with E-state index >= 15 is 0 Å². The summed E-state index contributed by atoms with van der Waals surface area (Å²) < 4.78 is 30.5. The highest BCUT2D eigenvalue weighted by Gasteiger charge is 2.31. The molecule has 0 atom stereocenters. The predicted molar refractivity (Wildman–Crippen MR) is 160 cm³/mol. The Kier molecular flexibility index (Phi) is 6.56. The summed E-state index contributed by atoms with van der Waals surface area (Å²) in [5, 5.41) is 5.21. The SMILES string of the molecule is Cc1ccc(-n2c(C)cc(-c3csc(NC(=O)c4cccc(S(=O)(=O)N5CCc6ccccc65)c4)n3)c2C)cc1. The summed E-state index contributed by atoms with van der Waals surface area (Å²) in [6.45, 7) is 6.57. The largest absolute Gasteiger partial charge is 0.318 e. The number of para-hydroxylation sites is 1. The molecule has 1 N–H and O–H groups in total. The number of nitrogens with zero attached hydrogens (tertiary/aromatic N) is 3. The molecule has 1 aliphatic heterocycles. The van der Waals surface area contributed by atoms with Gasteiger partial charge in [-0.15, -0.1) is 11.3 Å². The van der Waals surface area contributed by atoms with E-state index in [0.29, 0.717) is 23.8 Å². The molecule has 0 unspecified atom stereocenters. The quantitative estimate of drug-likeness (QED) is 0.252. The van der Waals surface area contributed by atoms with Gasteiger partial charge in [0.25, 0.3) is 15.9 Å². The zero-order chi connectivity index (χ0) is 28.0. The van der Waals surface area contributed by atoms with Crippen LogP contribution in [0.25, 0.3) is 16.9 Å². The summed E-state index contributed by atoms with van der Waals surface area (Å²) >= 11 is 1.33. The number of aromatic nitrogens is 2. The molecule has 3 aromatic carbocycles. The van der Waals surface area contributed by atoms with E-state index in [1.807, 2.05) is 29.6 Å². The lowest BCUT2D eigenvalue weighted by Gasteiger charge is -2.19. The first kappa shape index (κ1) is 26.0. The van der Waals surface area contributed by atoms with Crippen LogP contribution in [0.1, 0.15) is 32.9 Å². The topological polar surface area (TPSA) is 84.3 Å². The Bertz CT molecular complexity index is 1850. The van der Waals surface area contributed by atoms with E-state index in [-0.39, 0.29) is 10.5 Å². The summed E-state index contributed by atoms with van der Waals surface area (Å²) in [6, 6.07) is 24.1. The molecule has 0 fully saturated rings. The summed E-state index contributed by atoms with van der Waals surface area (Å²) in [5.41, 5.74) is 8.15. The molecular formula is C31H28N4O3S2. The Hall–Kier alpha value is -4.21. The Morgan fingerprint density at radius 1 is 0.950 bits per heavy atom. The van der Waals surface area contributed by atoms with Gasteiger partial charge in [0, 0.05) is 40.1 Å². The van der Waals surface area contributed by atoms with Gasteiger partial charge in [-0.25, -0.2) is 13.4 Å². The number of carbonyl (C=O) groups excluding carboxylic acids is 1. The van der Waals surface area contributed by atoms with Crippen molar-refractivity contribution >= 4 is 38.1 Å². The van der Waals surface area contributed by atoms with Crippen LogP contribution in [-0.4, -0.2) is 30.4 Å². The third-order valence-electron chi connectivity index (χ3n) is 7.25. The highest BCUT2D eigenvalue weighted by Crippen LogP contribution is 2.34. The third kappa shape index (κ3) is 4.61. The van der Waals surface area contributed by atoms with E-state index in [0.717, 1.165) is 33.9 Å². The zero-order valence-electron chi connectivity index (χ0n) is 22.4. The highest BCUT2D eigenvalue weighted by molar-refractivity contribution is 7.92. The fraction of sp³-hybridized carbons (Fsp3) is 0.161. The van der Waals surface area contributed by atoms with Gasteiger partial charge in [-0.3, -0.25) is 14.4 Å². The van der Waals surface area contributed by atoms with Gasteiger partial charge >= 0.3 is 0 Å². The van der Waals surface area contributed by atoms with Crippen molar-refractivity contribution in [1.82, 2.24) is 9.55 Å². The molecule has 0 aliphatic carbocycles. The third-order valence-corrected chi connectivity index (χ3v) is 9.82. The second-order valence-corrected chi connectivity index (χ2v) is 12.7. The number of hydrogen-bond donors (Lipinski definition) is 1. The Balaban J connectivity index is 1.22. The van der Waals surface area contributed by atoms with Gasteiger partial charge in [0.15, 0.2) is 5.13 Å². The van der Waals surface area contributed by atoms with E-state index < -0.39 is 15.9 Å². The maximum atomic E-state index is 13.5. The van der Waals surface area contributed by atoms with Crippen LogP contribution in [0.15, 0.2) is 89.1 Å². The van der Waals surface area contributed by atoms with Gasteiger partial charge < -0.3 is 4.57 Å². The van der Waals surface area contributed by atoms with Crippen molar-refractivity contribution in [2.45, 2.75) is 32.1 Å². The fourth-order valence-corrected chi connectivity index (χ4v) is 7.48. The minimum atomic E-state index is -3.81. The number of benzene rings is 3. The molecule has 2 aromatic heterocycles. The predicted octanol–water partition coefficient (Wildman–Crippen LogP) is 6.53. The molecule has 202 valence electrons. The second kappa shape index (κ2) is 10.1. The lowest BCUT2D eigenvalue weighted by molar-refractivity contribution is 0.102. The maximum Gasteiger partial charge on any atom is 0.264 e. The van der Waals surface area contributed by atoms with E-state index in [4.69, 9.17) is 0 Å². The highest BCUT2D eigenvalue weighted by atomic mass is 32.2. The van der Waals surface area contributed by atoms with Crippen LogP contribution in [0.2, 0.25) is 0 Å². The Morgan fingerprint density at radius 2 is 1.73 bits per heavy atom. The zero-order valence-corrected chi connectivity index (χ0v) is 24.0. The van der Waals surface area contributed by atoms with Crippen LogP contribution >= 0.6 is 11.3 Å². The molecular weight excluding hydrogens is 541 g/mol. The average Bonchev–Trinajstić information content (AvgIpc) is 3.67. The molecule has 6 rings (SSSR count). The number of sulfonamides is 1. The number of thiazole rings is 1. The molecule has 9 heteroatoms. The lowest BCUT2D eigenvalue weighted by Crippen LogP contribution is -2.29. The van der Waals surface area contributed by atoms with Gasteiger partial charge in [-0.1, -0.05) is 42.0 Å². The van der Waals surface area contributed by atoms with Gasteiger partial charge in [-0.05, 0) is 75.2 Å². The van der Waals surface area contributed by atoms with Crippen LogP contribution < -0.4 is 9.62 Å². The van der Waals surface area contributed by atoms with Gasteiger partial charge in [0.2, 0.25) is 0 Å². The summed E-state index contributed by atoms with van der Waals surface area (Å²) in [5.74, 6) is -0.412.